The molecule has 41 heavy (non-hydrogen) atoms. The zero-order valence-electron chi connectivity index (χ0n) is 21.4. The highest BCUT2D eigenvalue weighted by atomic mass is 16.6. The van der Waals surface area contributed by atoms with Crippen LogP contribution >= 0.6 is 0 Å². The smallest absolute Gasteiger partial charge is 0.410 e. The molecule has 0 aliphatic heterocycles. The lowest BCUT2D eigenvalue weighted by Gasteiger charge is -2.14. The fourth-order valence-electron chi connectivity index (χ4n) is 3.51. The summed E-state index contributed by atoms with van der Waals surface area (Å²) in [5, 5.41) is 7.85. The summed E-state index contributed by atoms with van der Waals surface area (Å²) in [4.78, 5) is 38.3. The number of anilines is 3. The van der Waals surface area contributed by atoms with Crippen LogP contribution in [0.1, 0.15) is 27.0 Å². The van der Waals surface area contributed by atoms with Gasteiger partial charge in [-0.1, -0.05) is 23.8 Å². The maximum atomic E-state index is 13.0. The van der Waals surface area contributed by atoms with Gasteiger partial charge in [0, 0.05) is 27.9 Å². The van der Waals surface area contributed by atoms with Crippen molar-refractivity contribution in [2.24, 2.45) is 0 Å². The molecule has 3 N–H and O–H groups in total. The van der Waals surface area contributed by atoms with E-state index in [9.17, 15) is 14.4 Å². The first kappa shape index (κ1) is 27.6. The summed E-state index contributed by atoms with van der Waals surface area (Å²) in [6.07, 6.45) is 14.4. The highest BCUT2D eigenvalue weighted by Gasteiger charge is 2.16. The number of hydrogen-bond donors (Lipinski definition) is 3. The molecule has 198 valence electrons. The van der Waals surface area contributed by atoms with Crippen molar-refractivity contribution in [1.29, 1.82) is 0 Å². The van der Waals surface area contributed by atoms with Crippen molar-refractivity contribution in [3.05, 3.63) is 113 Å². The van der Waals surface area contributed by atoms with E-state index in [0.717, 1.165) is 0 Å². The molecule has 0 bridgehead atoms. The number of terminal acetylenes is 3. The van der Waals surface area contributed by atoms with Crippen LogP contribution in [0.15, 0.2) is 91.0 Å². The molecule has 4 aromatic rings. The van der Waals surface area contributed by atoms with Crippen LogP contribution in [0.3, 0.4) is 0 Å². The van der Waals surface area contributed by atoms with Gasteiger partial charge < -0.3 is 14.8 Å². The second-order valence-electron chi connectivity index (χ2n) is 8.31. The third-order valence-corrected chi connectivity index (χ3v) is 5.51. The van der Waals surface area contributed by atoms with Crippen LogP contribution in [0.4, 0.5) is 26.7 Å². The predicted molar refractivity (Wildman–Crippen MR) is 157 cm³/mol. The van der Waals surface area contributed by atoms with Crippen molar-refractivity contribution in [2.75, 3.05) is 16.0 Å². The molecule has 0 saturated carbocycles. The van der Waals surface area contributed by atoms with Gasteiger partial charge in [-0.25, -0.2) is 9.59 Å². The summed E-state index contributed by atoms with van der Waals surface area (Å²) in [6, 6.07) is 23.7. The third-order valence-electron chi connectivity index (χ3n) is 5.51. The van der Waals surface area contributed by atoms with E-state index in [0.29, 0.717) is 22.4 Å². The SMILES string of the molecule is C#Cc1ccc(OC(=O)Nc2ccc(C(=O)Nc3cccc(C#C)c3)cc2NC(=O)Oc2ccc(C#C)cc2)cc1. The van der Waals surface area contributed by atoms with Gasteiger partial charge in [0.05, 0.1) is 11.4 Å². The predicted octanol–water partition coefficient (Wildman–Crippen LogP) is 6.10. The molecule has 8 nitrogen and oxygen atoms in total. The first-order valence-electron chi connectivity index (χ1n) is 12.0. The maximum absolute atomic E-state index is 13.0. The molecule has 0 aliphatic rings. The van der Waals surface area contributed by atoms with Gasteiger partial charge in [-0.2, -0.15) is 0 Å². The molecular weight excluding hydrogens is 518 g/mol. The number of nitrogens with one attached hydrogen (secondary N) is 3. The molecule has 0 radical (unpaired) electrons. The number of ether oxygens (including phenoxy) is 2. The first-order chi connectivity index (χ1) is 19.9. The van der Waals surface area contributed by atoms with Crippen LogP contribution in [0.5, 0.6) is 11.5 Å². The Morgan fingerprint density at radius 2 is 1.10 bits per heavy atom. The van der Waals surface area contributed by atoms with Crippen molar-refractivity contribution in [3.8, 4) is 48.5 Å². The summed E-state index contributed by atoms with van der Waals surface area (Å²) in [7, 11) is 0. The molecule has 4 rings (SSSR count). The van der Waals surface area contributed by atoms with Crippen LogP contribution < -0.4 is 25.4 Å². The number of rotatable bonds is 6. The van der Waals surface area contributed by atoms with Crippen molar-refractivity contribution < 1.29 is 23.9 Å². The molecule has 8 heteroatoms. The Morgan fingerprint density at radius 3 is 1.63 bits per heavy atom. The molecule has 0 aliphatic carbocycles. The van der Waals surface area contributed by atoms with E-state index in [1.807, 2.05) is 0 Å². The van der Waals surface area contributed by atoms with Gasteiger partial charge in [0.1, 0.15) is 11.5 Å². The number of benzene rings is 4. The van der Waals surface area contributed by atoms with Gasteiger partial charge in [0.25, 0.3) is 5.91 Å². The van der Waals surface area contributed by atoms with Gasteiger partial charge >= 0.3 is 12.2 Å². The van der Waals surface area contributed by atoms with Gasteiger partial charge in [0.2, 0.25) is 0 Å². The average molecular weight is 540 g/mol. The normalized spacial score (nSPS) is 9.68. The topological polar surface area (TPSA) is 106 Å². The Balaban J connectivity index is 1.55. The van der Waals surface area contributed by atoms with Crippen LogP contribution in [0.2, 0.25) is 0 Å². The van der Waals surface area contributed by atoms with E-state index in [2.05, 4.69) is 33.7 Å². The maximum Gasteiger partial charge on any atom is 0.417 e. The Hall–Kier alpha value is -6.43. The second kappa shape index (κ2) is 12.9. The van der Waals surface area contributed by atoms with Gasteiger partial charge in [-0.05, 0) is 84.9 Å². The summed E-state index contributed by atoms with van der Waals surface area (Å²) in [6.45, 7) is 0. The van der Waals surface area contributed by atoms with Crippen LogP contribution in [0.25, 0.3) is 0 Å². The van der Waals surface area contributed by atoms with Crippen molar-refractivity contribution in [2.45, 2.75) is 0 Å². The summed E-state index contributed by atoms with van der Waals surface area (Å²) < 4.78 is 10.6. The molecular formula is C33H21N3O5. The largest absolute Gasteiger partial charge is 0.417 e. The standard InChI is InChI=1S/C33H21N3O5/c1-4-22-10-15-27(16-11-22)40-32(38)35-29-19-14-25(31(37)34-26-9-7-8-24(6-3)20-26)21-30(29)36-33(39)41-28-17-12-23(5-2)13-18-28/h1-3,7-21H,(H,34,37)(H,35,38)(H,36,39). The van der Waals surface area contributed by atoms with E-state index in [1.165, 1.54) is 30.3 Å². The van der Waals surface area contributed by atoms with Crippen LogP contribution in [-0.2, 0) is 0 Å². The number of hydrogen-bond acceptors (Lipinski definition) is 5. The zero-order valence-corrected chi connectivity index (χ0v) is 21.4. The van der Waals surface area contributed by atoms with E-state index in [-0.39, 0.29) is 28.4 Å². The second-order valence-corrected chi connectivity index (χ2v) is 8.31. The summed E-state index contributed by atoms with van der Waals surface area (Å²) in [5.74, 6) is 7.44. The lowest BCUT2D eigenvalue weighted by atomic mass is 10.1. The molecule has 0 unspecified atom stereocenters. The van der Waals surface area contributed by atoms with Crippen molar-refractivity contribution in [1.82, 2.24) is 0 Å². The highest BCUT2D eigenvalue weighted by Crippen LogP contribution is 2.26. The molecule has 0 saturated heterocycles. The lowest BCUT2D eigenvalue weighted by molar-refractivity contribution is 0.102. The molecule has 0 spiro atoms. The molecule has 4 aromatic carbocycles. The van der Waals surface area contributed by atoms with Crippen molar-refractivity contribution in [3.63, 3.8) is 0 Å². The molecule has 0 fully saturated rings. The highest BCUT2D eigenvalue weighted by molar-refractivity contribution is 6.07. The molecule has 0 atom stereocenters. The number of carbonyl (C=O) groups excluding carboxylic acids is 3. The Morgan fingerprint density at radius 1 is 0.561 bits per heavy atom. The van der Waals surface area contributed by atoms with Crippen LogP contribution in [-0.4, -0.2) is 18.1 Å². The quantitative estimate of drug-likeness (QED) is 0.257. The monoisotopic (exact) mass is 539 g/mol. The minimum Gasteiger partial charge on any atom is -0.410 e. The fraction of sp³-hybridized carbons (Fsp3) is 0. The minimum atomic E-state index is -0.876. The van der Waals surface area contributed by atoms with E-state index in [4.69, 9.17) is 28.7 Å². The first-order valence-corrected chi connectivity index (χ1v) is 12.0. The van der Waals surface area contributed by atoms with Gasteiger partial charge in [-0.15, -0.1) is 19.3 Å². The third kappa shape index (κ3) is 7.55. The van der Waals surface area contributed by atoms with Crippen molar-refractivity contribution >= 4 is 35.2 Å². The van der Waals surface area contributed by atoms with E-state index < -0.39 is 18.1 Å². The van der Waals surface area contributed by atoms with E-state index in [1.54, 1.807) is 60.7 Å². The zero-order chi connectivity index (χ0) is 29.2. The van der Waals surface area contributed by atoms with E-state index >= 15 is 0 Å². The molecule has 0 heterocycles. The summed E-state index contributed by atoms with van der Waals surface area (Å²) >= 11 is 0. The average Bonchev–Trinajstić information content (AvgIpc) is 2.98. The van der Waals surface area contributed by atoms with Crippen LogP contribution in [0, 0.1) is 37.0 Å². The van der Waals surface area contributed by atoms with Gasteiger partial charge in [0.15, 0.2) is 0 Å². The molecule has 0 aromatic heterocycles. The Labute approximate surface area is 236 Å². The number of carbonyl (C=O) groups is 3. The van der Waals surface area contributed by atoms with Gasteiger partial charge in [-0.3, -0.25) is 15.4 Å². The number of amides is 3. The Kier molecular flexibility index (Phi) is 8.67. The lowest BCUT2D eigenvalue weighted by Crippen LogP contribution is -2.22. The Bertz CT molecular complexity index is 1740. The summed E-state index contributed by atoms with van der Waals surface area (Å²) in [5.41, 5.74) is 2.69. The molecule has 3 amide bonds. The fourth-order valence-corrected chi connectivity index (χ4v) is 3.51. The minimum absolute atomic E-state index is 0.0694.